The van der Waals surface area contributed by atoms with Crippen LogP contribution in [0.5, 0.6) is 0 Å². The summed E-state index contributed by atoms with van der Waals surface area (Å²) in [5.41, 5.74) is 12.0. The fourth-order valence-electron chi connectivity index (χ4n) is 2.64. The minimum Gasteiger partial charge on any atom is -0.369 e. The number of unbranched alkanes of at least 4 members (excludes halogenated alkanes) is 1. The number of nitrogens with two attached hydrogens (primary N) is 2. The van der Waals surface area contributed by atoms with Crippen LogP contribution in [0.25, 0.3) is 11.2 Å². The molecule has 0 aliphatic heterocycles. The van der Waals surface area contributed by atoms with E-state index >= 15 is 0 Å². The van der Waals surface area contributed by atoms with E-state index in [9.17, 15) is 9.69 Å². The molecular formula is C17H31N8O3P. The summed E-state index contributed by atoms with van der Waals surface area (Å²) in [6, 6.07) is 0. The molecule has 2 heterocycles. The molecule has 2 aromatic rings. The first-order chi connectivity index (χ1) is 14.0. The average Bonchev–Trinajstić information content (AvgIpc) is 3.06. The molecule has 1 unspecified atom stereocenters. The van der Waals surface area contributed by atoms with Gasteiger partial charge in [-0.15, -0.1) is 0 Å². The fraction of sp³-hybridized carbons (Fsp3) is 0.588. The second-order valence-electron chi connectivity index (χ2n) is 6.63. The van der Waals surface area contributed by atoms with Crippen LogP contribution in [0.2, 0.25) is 0 Å². The molecule has 29 heavy (non-hydrogen) atoms. The lowest BCUT2D eigenvalue weighted by molar-refractivity contribution is 0.196. The lowest BCUT2D eigenvalue weighted by Crippen LogP contribution is -2.21. The minimum atomic E-state index is -1.38. The predicted molar refractivity (Wildman–Crippen MR) is 115 cm³/mol. The fourth-order valence-corrected chi connectivity index (χ4v) is 3.41. The summed E-state index contributed by atoms with van der Waals surface area (Å²) in [6.45, 7) is 7.96. The highest BCUT2D eigenvalue weighted by atomic mass is 31.2. The Bertz CT molecular complexity index is 825. The highest BCUT2D eigenvalue weighted by molar-refractivity contribution is 7.49. The predicted octanol–water partition coefficient (Wildman–Crippen LogP) is -0.155. The van der Waals surface area contributed by atoms with Gasteiger partial charge in [-0.05, 0) is 44.5 Å². The molecule has 0 saturated heterocycles. The summed E-state index contributed by atoms with van der Waals surface area (Å²) in [6.07, 6.45) is 4.78. The number of nitrogen functional groups attached to an aromatic ring is 1. The van der Waals surface area contributed by atoms with E-state index in [4.69, 9.17) is 16.2 Å². The Morgan fingerprint density at radius 3 is 2.93 bits per heavy atom. The van der Waals surface area contributed by atoms with E-state index in [1.807, 2.05) is 0 Å². The van der Waals surface area contributed by atoms with Gasteiger partial charge in [-0.2, -0.15) is 4.98 Å². The molecule has 0 spiro atoms. The third-order valence-electron chi connectivity index (χ3n) is 4.04. The van der Waals surface area contributed by atoms with Crippen LogP contribution >= 0.6 is 8.30 Å². The van der Waals surface area contributed by atoms with Gasteiger partial charge in [-0.3, -0.25) is 14.9 Å². The topological polar surface area (TPSA) is 169 Å². The molecule has 0 aliphatic carbocycles. The third kappa shape index (κ3) is 8.17. The van der Waals surface area contributed by atoms with Crippen LogP contribution in [0, 0.1) is 0 Å². The lowest BCUT2D eigenvalue weighted by Gasteiger charge is -2.14. The van der Waals surface area contributed by atoms with Crippen LogP contribution in [-0.2, 0) is 11.3 Å². The van der Waals surface area contributed by atoms with Gasteiger partial charge < -0.3 is 31.0 Å². The lowest BCUT2D eigenvalue weighted by atomic mass is 10.3. The average molecular weight is 426 g/mol. The Morgan fingerprint density at radius 2 is 2.14 bits per heavy atom. The summed E-state index contributed by atoms with van der Waals surface area (Å²) in [4.78, 5) is 32.3. The van der Waals surface area contributed by atoms with Crippen LogP contribution in [-0.4, -0.2) is 63.5 Å². The van der Waals surface area contributed by atoms with Crippen LogP contribution in [0.4, 0.5) is 5.95 Å². The first-order valence-corrected chi connectivity index (χ1v) is 11.0. The maximum absolute atomic E-state index is 11.8. The molecule has 0 amide bonds. The van der Waals surface area contributed by atoms with Gasteiger partial charge in [0.1, 0.15) is 14.6 Å². The number of rotatable bonds is 15. The van der Waals surface area contributed by atoms with E-state index in [1.54, 1.807) is 4.57 Å². The second kappa shape index (κ2) is 12.6. The molecule has 162 valence electrons. The Hall–Kier alpha value is -1.88. The smallest absolute Gasteiger partial charge is 0.280 e. The number of hydrogen-bond acceptors (Lipinski definition) is 9. The summed E-state index contributed by atoms with van der Waals surface area (Å²) in [5, 5.41) is 6.41. The Kier molecular flexibility index (Phi) is 10.2. The molecule has 11 nitrogen and oxygen atoms in total. The number of imidazole rings is 1. The number of aromatic amines is 1. The van der Waals surface area contributed by atoms with Crippen molar-refractivity contribution in [2.75, 3.05) is 44.9 Å². The zero-order valence-electron chi connectivity index (χ0n) is 16.6. The van der Waals surface area contributed by atoms with Gasteiger partial charge in [0.05, 0.1) is 12.9 Å². The number of nitrogens with zero attached hydrogens (tertiary/aromatic N) is 3. The van der Waals surface area contributed by atoms with Crippen LogP contribution in [0.1, 0.15) is 19.3 Å². The molecule has 1 atom stereocenters. The van der Waals surface area contributed by atoms with E-state index < -0.39 is 8.30 Å². The van der Waals surface area contributed by atoms with Crippen molar-refractivity contribution in [3.63, 3.8) is 0 Å². The van der Waals surface area contributed by atoms with Gasteiger partial charge in [0.2, 0.25) is 5.95 Å². The molecule has 0 fully saturated rings. The third-order valence-corrected chi connectivity index (χ3v) is 5.05. The monoisotopic (exact) mass is 426 g/mol. The summed E-state index contributed by atoms with van der Waals surface area (Å²) in [5.74, 6) is 0.0360. The van der Waals surface area contributed by atoms with Gasteiger partial charge >= 0.3 is 0 Å². The standard InChI is InChI=1S/C17H31N8O3P/c1-13(9-25-11-21-14-15(25)23-17(19)24-16(14)26)10-28-12-29(27)22-8-4-7-20-6-3-2-5-18/h11,20,22,27H,1-10,12,18H2,(H3,19,23,24,26). The molecule has 0 radical (unpaired) electrons. The van der Waals surface area contributed by atoms with Crippen molar-refractivity contribution < 1.29 is 9.63 Å². The van der Waals surface area contributed by atoms with E-state index in [0.717, 1.165) is 51.0 Å². The number of hydrogen-bond donors (Lipinski definition) is 6. The first-order valence-electron chi connectivity index (χ1n) is 9.57. The van der Waals surface area contributed by atoms with Gasteiger partial charge in [0.15, 0.2) is 11.2 Å². The van der Waals surface area contributed by atoms with E-state index in [0.29, 0.717) is 12.2 Å². The van der Waals surface area contributed by atoms with E-state index in [1.165, 1.54) is 6.33 Å². The van der Waals surface area contributed by atoms with Crippen molar-refractivity contribution >= 4 is 25.4 Å². The summed E-state index contributed by atoms with van der Waals surface area (Å²) < 4.78 is 7.22. The zero-order valence-corrected chi connectivity index (χ0v) is 17.5. The molecule has 0 aromatic carbocycles. The number of nitrogens with one attached hydrogen (secondary N) is 3. The highest BCUT2D eigenvalue weighted by Gasteiger charge is 2.10. The van der Waals surface area contributed by atoms with E-state index in [2.05, 4.69) is 31.9 Å². The molecule has 8 N–H and O–H groups in total. The van der Waals surface area contributed by atoms with Gasteiger partial charge in [0, 0.05) is 13.1 Å². The van der Waals surface area contributed by atoms with Crippen molar-refractivity contribution in [1.82, 2.24) is 29.9 Å². The molecule has 0 aliphatic rings. The van der Waals surface area contributed by atoms with Crippen LogP contribution in [0.3, 0.4) is 0 Å². The van der Waals surface area contributed by atoms with Gasteiger partial charge in [-0.25, -0.2) is 4.98 Å². The van der Waals surface area contributed by atoms with Crippen LogP contribution in [0.15, 0.2) is 23.3 Å². The van der Waals surface area contributed by atoms with Crippen molar-refractivity contribution in [2.24, 2.45) is 5.73 Å². The molecule has 2 aromatic heterocycles. The quantitative estimate of drug-likeness (QED) is 0.129. The maximum Gasteiger partial charge on any atom is 0.280 e. The Morgan fingerprint density at radius 1 is 1.34 bits per heavy atom. The SMILES string of the molecule is C=C(COCP(O)NCCCNCCCCN)Cn1cnc2c(=O)[nH]c(N)nc21. The van der Waals surface area contributed by atoms with Crippen molar-refractivity contribution in [3.8, 4) is 0 Å². The summed E-state index contributed by atoms with van der Waals surface area (Å²) >= 11 is 0. The second-order valence-corrected chi connectivity index (χ2v) is 8.00. The van der Waals surface area contributed by atoms with Crippen LogP contribution < -0.4 is 27.4 Å². The highest BCUT2D eigenvalue weighted by Crippen LogP contribution is 2.23. The molecule has 0 saturated carbocycles. The number of anilines is 1. The number of aromatic nitrogens is 4. The molecule has 0 bridgehead atoms. The van der Waals surface area contributed by atoms with Crippen molar-refractivity contribution in [1.29, 1.82) is 0 Å². The molecule has 12 heteroatoms. The van der Waals surface area contributed by atoms with E-state index in [-0.39, 0.29) is 30.0 Å². The Labute approximate surface area is 170 Å². The Balaban J connectivity index is 1.61. The molecule has 2 rings (SSSR count). The number of H-pyrrole nitrogens is 1. The van der Waals surface area contributed by atoms with Crippen molar-refractivity contribution in [2.45, 2.75) is 25.8 Å². The molecular weight excluding hydrogens is 395 g/mol. The van der Waals surface area contributed by atoms with Gasteiger partial charge in [0.25, 0.3) is 5.56 Å². The number of ether oxygens (including phenoxy) is 1. The minimum absolute atomic E-state index is 0.0360. The van der Waals surface area contributed by atoms with Crippen molar-refractivity contribution in [3.05, 3.63) is 28.8 Å². The van der Waals surface area contributed by atoms with Gasteiger partial charge in [-0.1, -0.05) is 6.58 Å². The zero-order chi connectivity index (χ0) is 21.1. The first kappa shape index (κ1) is 23.4. The summed E-state index contributed by atoms with van der Waals surface area (Å²) in [7, 11) is -1.38. The maximum atomic E-state index is 11.8. The number of fused-ring (bicyclic) bond motifs is 1. The largest absolute Gasteiger partial charge is 0.369 e. The normalized spacial score (nSPS) is 12.5.